The number of imidazole rings is 2. The van der Waals surface area contributed by atoms with E-state index in [4.69, 9.17) is 0 Å². The van der Waals surface area contributed by atoms with Crippen LogP contribution in [0.1, 0.15) is 5.56 Å². The molecule has 0 aliphatic heterocycles. The molecule has 8 heteroatoms. The fourth-order valence-corrected chi connectivity index (χ4v) is 3.39. The molecule has 0 aliphatic rings. The highest BCUT2D eigenvalue weighted by atomic mass is 127. The van der Waals surface area contributed by atoms with E-state index in [0.717, 1.165) is 11.1 Å². The minimum absolute atomic E-state index is 0.152. The average molecular weight is 465 g/mol. The number of pyridine rings is 1. The van der Waals surface area contributed by atoms with Crippen LogP contribution in [0.25, 0.3) is 22.4 Å². The van der Waals surface area contributed by atoms with E-state index in [1.165, 1.54) is 6.07 Å². The number of benzene rings is 1. The van der Waals surface area contributed by atoms with Crippen molar-refractivity contribution in [2.75, 3.05) is 6.67 Å². The first-order chi connectivity index (χ1) is 12.7. The van der Waals surface area contributed by atoms with Crippen molar-refractivity contribution in [1.29, 1.82) is 0 Å². The molecular formula is C18H14F2IN5. The third-order valence-electron chi connectivity index (χ3n) is 4.08. The number of fused-ring (bicyclic) bond motifs is 1. The van der Waals surface area contributed by atoms with Gasteiger partial charge in [0, 0.05) is 36.4 Å². The number of aromatic nitrogens is 5. The number of halogens is 3. The van der Waals surface area contributed by atoms with Crippen LogP contribution in [0.15, 0.2) is 49.3 Å². The molecule has 1 aromatic carbocycles. The van der Waals surface area contributed by atoms with E-state index in [1.807, 2.05) is 39.4 Å². The van der Waals surface area contributed by atoms with Gasteiger partial charge in [-0.15, -0.1) is 0 Å². The lowest BCUT2D eigenvalue weighted by atomic mass is 10.2. The van der Waals surface area contributed by atoms with Crippen LogP contribution in [-0.2, 0) is 13.1 Å². The lowest BCUT2D eigenvalue weighted by Crippen LogP contribution is -2.04. The first-order valence-corrected chi connectivity index (χ1v) is 9.05. The molecule has 132 valence electrons. The van der Waals surface area contributed by atoms with Gasteiger partial charge in [0.15, 0.2) is 0 Å². The summed E-state index contributed by atoms with van der Waals surface area (Å²) in [6, 6.07) is 5.04. The molecule has 0 spiro atoms. The summed E-state index contributed by atoms with van der Waals surface area (Å²) in [5, 5.41) is 0. The van der Waals surface area contributed by atoms with Gasteiger partial charge in [-0.05, 0) is 40.3 Å². The highest BCUT2D eigenvalue weighted by molar-refractivity contribution is 14.1. The number of hydrogen-bond donors (Lipinski definition) is 0. The first kappa shape index (κ1) is 17.1. The van der Waals surface area contributed by atoms with Crippen molar-refractivity contribution in [1.82, 2.24) is 24.1 Å². The summed E-state index contributed by atoms with van der Waals surface area (Å²) in [6.07, 6.45) is 8.78. The zero-order valence-corrected chi connectivity index (χ0v) is 15.8. The summed E-state index contributed by atoms with van der Waals surface area (Å²) >= 11 is 1.93. The van der Waals surface area contributed by atoms with Crippen molar-refractivity contribution in [3.05, 3.63) is 64.3 Å². The second-order valence-electron chi connectivity index (χ2n) is 5.85. The zero-order chi connectivity index (χ0) is 18.1. The molecule has 0 aliphatic carbocycles. The average Bonchev–Trinajstić information content (AvgIpc) is 3.25. The summed E-state index contributed by atoms with van der Waals surface area (Å²) in [7, 11) is 0. The van der Waals surface area contributed by atoms with Gasteiger partial charge in [0.25, 0.3) is 0 Å². The Bertz CT molecular complexity index is 1060. The first-order valence-electron chi connectivity index (χ1n) is 7.97. The maximum Gasteiger partial charge on any atom is 0.142 e. The predicted octanol–water partition coefficient (Wildman–Crippen LogP) is 4.06. The highest BCUT2D eigenvalue weighted by Gasteiger charge is 2.15. The van der Waals surface area contributed by atoms with Crippen LogP contribution in [-0.4, -0.2) is 30.8 Å². The van der Waals surface area contributed by atoms with E-state index in [0.29, 0.717) is 27.0 Å². The molecule has 5 nitrogen and oxygen atoms in total. The van der Waals surface area contributed by atoms with Gasteiger partial charge < -0.3 is 9.13 Å². The second kappa shape index (κ2) is 7.10. The molecule has 0 fully saturated rings. The Morgan fingerprint density at radius 1 is 1.12 bits per heavy atom. The molecule has 4 rings (SSSR count). The number of nitrogens with zero attached hydrogens (tertiary/aromatic N) is 5. The van der Waals surface area contributed by atoms with Crippen molar-refractivity contribution in [2.45, 2.75) is 13.1 Å². The number of alkyl halides is 1. The van der Waals surface area contributed by atoms with Gasteiger partial charge in [-0.2, -0.15) is 0 Å². The van der Waals surface area contributed by atoms with Crippen molar-refractivity contribution < 1.29 is 8.78 Å². The lowest BCUT2D eigenvalue weighted by molar-refractivity contribution is 0.451. The SMILES string of the molecule is FCCn1c(-c2cncc(Cn3ccnc3)c2)nc2cc(F)c(I)cc21. The summed E-state index contributed by atoms with van der Waals surface area (Å²) in [5.41, 5.74) is 2.96. The fourth-order valence-electron chi connectivity index (χ4n) is 2.94. The van der Waals surface area contributed by atoms with Crippen molar-refractivity contribution in [3.8, 4) is 11.4 Å². The third-order valence-corrected chi connectivity index (χ3v) is 4.90. The minimum Gasteiger partial charge on any atom is -0.333 e. The van der Waals surface area contributed by atoms with Crippen molar-refractivity contribution in [3.63, 3.8) is 0 Å². The van der Waals surface area contributed by atoms with Gasteiger partial charge in [0.1, 0.15) is 18.3 Å². The predicted molar refractivity (Wildman–Crippen MR) is 103 cm³/mol. The van der Waals surface area contributed by atoms with Gasteiger partial charge in [0.2, 0.25) is 0 Å². The zero-order valence-electron chi connectivity index (χ0n) is 13.6. The van der Waals surface area contributed by atoms with Crippen LogP contribution in [0, 0.1) is 9.39 Å². The van der Waals surface area contributed by atoms with E-state index < -0.39 is 6.67 Å². The molecular weight excluding hydrogens is 451 g/mol. The van der Waals surface area contributed by atoms with Crippen LogP contribution in [0.2, 0.25) is 0 Å². The quantitative estimate of drug-likeness (QED) is 0.418. The van der Waals surface area contributed by atoms with E-state index in [-0.39, 0.29) is 12.4 Å². The molecule has 0 atom stereocenters. The summed E-state index contributed by atoms with van der Waals surface area (Å²) < 4.78 is 31.2. The summed E-state index contributed by atoms with van der Waals surface area (Å²) in [5.74, 6) is 0.251. The second-order valence-corrected chi connectivity index (χ2v) is 7.01. The minimum atomic E-state index is -0.533. The van der Waals surface area contributed by atoms with Crippen LogP contribution in [0.4, 0.5) is 8.78 Å². The number of rotatable bonds is 5. The molecule has 26 heavy (non-hydrogen) atoms. The molecule has 3 aromatic heterocycles. The van der Waals surface area contributed by atoms with Gasteiger partial charge in [-0.1, -0.05) is 0 Å². The smallest absolute Gasteiger partial charge is 0.142 e. The molecule has 0 amide bonds. The van der Waals surface area contributed by atoms with E-state index in [2.05, 4.69) is 15.0 Å². The molecule has 0 unspecified atom stereocenters. The Balaban J connectivity index is 1.81. The normalized spacial score (nSPS) is 11.3. The van der Waals surface area contributed by atoms with E-state index >= 15 is 0 Å². The molecule has 0 radical (unpaired) electrons. The number of aryl methyl sites for hydroxylation is 1. The summed E-state index contributed by atoms with van der Waals surface area (Å²) in [4.78, 5) is 12.9. The number of hydrogen-bond acceptors (Lipinski definition) is 3. The topological polar surface area (TPSA) is 48.5 Å². The maximum atomic E-state index is 13.9. The monoisotopic (exact) mass is 465 g/mol. The van der Waals surface area contributed by atoms with E-state index in [1.54, 1.807) is 35.6 Å². The van der Waals surface area contributed by atoms with Gasteiger partial charge in [-0.3, -0.25) is 4.98 Å². The maximum absolute atomic E-state index is 13.9. The molecule has 0 bridgehead atoms. The van der Waals surface area contributed by atoms with Gasteiger partial charge >= 0.3 is 0 Å². The Hall–Kier alpha value is -2.36. The van der Waals surface area contributed by atoms with E-state index in [9.17, 15) is 8.78 Å². The van der Waals surface area contributed by atoms with Crippen molar-refractivity contribution in [2.24, 2.45) is 0 Å². The molecule has 0 saturated carbocycles. The molecule has 0 saturated heterocycles. The van der Waals surface area contributed by atoms with Crippen molar-refractivity contribution >= 4 is 33.6 Å². The molecule has 3 heterocycles. The van der Waals surface area contributed by atoms with Crippen LogP contribution >= 0.6 is 22.6 Å². The Morgan fingerprint density at radius 2 is 2.00 bits per heavy atom. The third kappa shape index (κ3) is 3.20. The van der Waals surface area contributed by atoms with Crippen LogP contribution < -0.4 is 0 Å². The summed E-state index contributed by atoms with van der Waals surface area (Å²) in [6.45, 7) is 0.241. The Labute approximate surface area is 161 Å². The molecule has 4 aromatic rings. The van der Waals surface area contributed by atoms with Gasteiger partial charge in [-0.25, -0.2) is 18.7 Å². The Kier molecular flexibility index (Phi) is 4.66. The largest absolute Gasteiger partial charge is 0.333 e. The molecule has 0 N–H and O–H groups in total. The highest BCUT2D eigenvalue weighted by Crippen LogP contribution is 2.27. The van der Waals surface area contributed by atoms with Crippen LogP contribution in [0.3, 0.4) is 0 Å². The van der Waals surface area contributed by atoms with Crippen LogP contribution in [0.5, 0.6) is 0 Å². The lowest BCUT2D eigenvalue weighted by Gasteiger charge is -2.09. The Morgan fingerprint density at radius 3 is 2.77 bits per heavy atom. The fraction of sp³-hybridized carbons (Fsp3) is 0.167. The standard InChI is InChI=1S/C18H14F2IN5/c19-1-3-26-17-7-15(21)14(20)6-16(17)24-18(26)13-5-12(8-23-9-13)10-25-4-2-22-11-25/h2,4-9,11H,1,3,10H2. The van der Waals surface area contributed by atoms with Gasteiger partial charge in [0.05, 0.1) is 34.0 Å².